The Balaban J connectivity index is 2.11. The number of benzene rings is 1. The molecular formula is C10H8BrNO2S. The second kappa shape index (κ2) is 4.63. The van der Waals surface area contributed by atoms with Crippen LogP contribution in [0, 0.1) is 0 Å². The minimum Gasteiger partial charge on any atom is -0.497 e. The summed E-state index contributed by atoms with van der Waals surface area (Å²) in [5, 5.41) is 0.618. The van der Waals surface area contributed by atoms with E-state index in [1.165, 1.54) is 11.3 Å². The van der Waals surface area contributed by atoms with Gasteiger partial charge in [0.15, 0.2) is 0 Å². The zero-order valence-corrected chi connectivity index (χ0v) is 10.3. The van der Waals surface area contributed by atoms with E-state index in [9.17, 15) is 0 Å². The average molecular weight is 286 g/mol. The lowest BCUT2D eigenvalue weighted by atomic mass is 10.3. The van der Waals surface area contributed by atoms with Gasteiger partial charge in [-0.15, -0.1) is 0 Å². The fraction of sp³-hybridized carbons (Fsp3) is 0.100. The van der Waals surface area contributed by atoms with Crippen LogP contribution in [0.25, 0.3) is 0 Å². The Kier molecular flexibility index (Phi) is 3.23. The molecule has 0 N–H and O–H groups in total. The van der Waals surface area contributed by atoms with Crippen LogP contribution in [0.1, 0.15) is 0 Å². The molecule has 78 valence electrons. The molecule has 0 spiro atoms. The number of nitrogens with zero attached hydrogens (tertiary/aromatic N) is 1. The molecule has 0 aliphatic rings. The van der Waals surface area contributed by atoms with Crippen LogP contribution in [0.3, 0.4) is 0 Å². The molecule has 1 aromatic heterocycles. The highest BCUT2D eigenvalue weighted by molar-refractivity contribution is 9.11. The van der Waals surface area contributed by atoms with Gasteiger partial charge in [0.05, 0.1) is 17.1 Å². The molecule has 0 fully saturated rings. The van der Waals surface area contributed by atoms with Gasteiger partial charge in [0, 0.05) is 0 Å². The molecule has 1 heterocycles. The second-order valence-electron chi connectivity index (χ2n) is 2.71. The van der Waals surface area contributed by atoms with Crippen LogP contribution in [-0.4, -0.2) is 12.1 Å². The SMILES string of the molecule is COc1ccc(Oc2ncc(Br)s2)cc1. The summed E-state index contributed by atoms with van der Waals surface area (Å²) in [6, 6.07) is 7.37. The summed E-state index contributed by atoms with van der Waals surface area (Å²) in [6.07, 6.45) is 1.71. The molecule has 0 saturated carbocycles. The van der Waals surface area contributed by atoms with Gasteiger partial charge in [0.1, 0.15) is 11.5 Å². The number of halogens is 1. The van der Waals surface area contributed by atoms with Crippen molar-refractivity contribution in [3.63, 3.8) is 0 Å². The van der Waals surface area contributed by atoms with Crippen molar-refractivity contribution in [1.29, 1.82) is 0 Å². The predicted octanol–water partition coefficient (Wildman–Crippen LogP) is 3.71. The van der Waals surface area contributed by atoms with E-state index >= 15 is 0 Å². The number of aromatic nitrogens is 1. The Morgan fingerprint density at radius 3 is 2.40 bits per heavy atom. The average Bonchev–Trinajstić information content (AvgIpc) is 2.65. The molecule has 2 rings (SSSR count). The second-order valence-corrected chi connectivity index (χ2v) is 5.08. The molecule has 0 amide bonds. The Hall–Kier alpha value is -1.07. The van der Waals surface area contributed by atoms with E-state index in [1.807, 2.05) is 24.3 Å². The predicted molar refractivity (Wildman–Crippen MR) is 62.9 cm³/mol. The van der Waals surface area contributed by atoms with Crippen LogP contribution >= 0.6 is 27.3 Å². The smallest absolute Gasteiger partial charge is 0.279 e. The third-order valence-electron chi connectivity index (χ3n) is 1.72. The fourth-order valence-electron chi connectivity index (χ4n) is 1.03. The lowest BCUT2D eigenvalue weighted by molar-refractivity contribution is 0.412. The summed E-state index contributed by atoms with van der Waals surface area (Å²) >= 11 is 4.77. The Morgan fingerprint density at radius 2 is 1.87 bits per heavy atom. The molecule has 0 aliphatic carbocycles. The van der Waals surface area contributed by atoms with Crippen LogP contribution in [0.4, 0.5) is 0 Å². The first kappa shape index (κ1) is 10.4. The summed E-state index contributed by atoms with van der Waals surface area (Å²) < 4.78 is 11.5. The number of methoxy groups -OCH3 is 1. The van der Waals surface area contributed by atoms with Gasteiger partial charge >= 0.3 is 0 Å². The molecule has 0 atom stereocenters. The first-order chi connectivity index (χ1) is 7.28. The highest BCUT2D eigenvalue weighted by atomic mass is 79.9. The van der Waals surface area contributed by atoms with Crippen molar-refractivity contribution in [2.24, 2.45) is 0 Å². The van der Waals surface area contributed by atoms with Gasteiger partial charge in [0.25, 0.3) is 5.19 Å². The molecule has 2 aromatic rings. The van der Waals surface area contributed by atoms with Gasteiger partial charge in [-0.05, 0) is 40.2 Å². The van der Waals surface area contributed by atoms with E-state index in [0.29, 0.717) is 5.19 Å². The van der Waals surface area contributed by atoms with Crippen LogP contribution in [0.2, 0.25) is 0 Å². The van der Waals surface area contributed by atoms with E-state index in [-0.39, 0.29) is 0 Å². The zero-order chi connectivity index (χ0) is 10.7. The molecule has 0 radical (unpaired) electrons. The summed E-state index contributed by atoms with van der Waals surface area (Å²) in [4.78, 5) is 4.07. The summed E-state index contributed by atoms with van der Waals surface area (Å²) in [5.41, 5.74) is 0. The van der Waals surface area contributed by atoms with Crippen molar-refractivity contribution in [2.45, 2.75) is 0 Å². The van der Waals surface area contributed by atoms with Gasteiger partial charge in [0.2, 0.25) is 0 Å². The van der Waals surface area contributed by atoms with E-state index in [2.05, 4.69) is 20.9 Å². The summed E-state index contributed by atoms with van der Waals surface area (Å²) in [7, 11) is 1.63. The van der Waals surface area contributed by atoms with Crippen LogP contribution in [0.5, 0.6) is 16.7 Å². The van der Waals surface area contributed by atoms with Gasteiger partial charge in [-0.25, -0.2) is 4.98 Å². The van der Waals surface area contributed by atoms with Crippen LogP contribution in [-0.2, 0) is 0 Å². The topological polar surface area (TPSA) is 31.4 Å². The van der Waals surface area contributed by atoms with Crippen molar-refractivity contribution in [2.75, 3.05) is 7.11 Å². The first-order valence-electron chi connectivity index (χ1n) is 4.21. The molecular weight excluding hydrogens is 278 g/mol. The Morgan fingerprint density at radius 1 is 1.20 bits per heavy atom. The third kappa shape index (κ3) is 2.70. The van der Waals surface area contributed by atoms with E-state index < -0.39 is 0 Å². The van der Waals surface area contributed by atoms with Crippen molar-refractivity contribution < 1.29 is 9.47 Å². The maximum Gasteiger partial charge on any atom is 0.279 e. The number of ether oxygens (including phenoxy) is 2. The van der Waals surface area contributed by atoms with E-state index in [4.69, 9.17) is 9.47 Å². The third-order valence-corrected chi connectivity index (χ3v) is 3.08. The minimum atomic E-state index is 0.618. The quantitative estimate of drug-likeness (QED) is 0.862. The van der Waals surface area contributed by atoms with Gasteiger partial charge in [-0.2, -0.15) is 0 Å². The van der Waals surface area contributed by atoms with Crippen LogP contribution < -0.4 is 9.47 Å². The first-order valence-corrected chi connectivity index (χ1v) is 5.82. The molecule has 0 saturated heterocycles. The van der Waals surface area contributed by atoms with E-state index in [1.54, 1.807) is 13.3 Å². The van der Waals surface area contributed by atoms with E-state index in [0.717, 1.165) is 15.3 Å². The monoisotopic (exact) mass is 285 g/mol. The number of hydrogen-bond donors (Lipinski definition) is 0. The van der Waals surface area contributed by atoms with Crippen molar-refractivity contribution in [3.8, 4) is 16.7 Å². The van der Waals surface area contributed by atoms with Crippen LogP contribution in [0.15, 0.2) is 34.2 Å². The number of thiazole rings is 1. The Bertz CT molecular complexity index is 441. The number of hydrogen-bond acceptors (Lipinski definition) is 4. The maximum absolute atomic E-state index is 5.52. The lowest BCUT2D eigenvalue weighted by Crippen LogP contribution is -1.84. The summed E-state index contributed by atoms with van der Waals surface area (Å²) in [6.45, 7) is 0. The zero-order valence-electron chi connectivity index (χ0n) is 7.94. The normalized spacial score (nSPS) is 10.0. The maximum atomic E-state index is 5.52. The highest BCUT2D eigenvalue weighted by Crippen LogP contribution is 2.30. The van der Waals surface area contributed by atoms with Crippen molar-refractivity contribution in [3.05, 3.63) is 34.2 Å². The molecule has 0 bridgehead atoms. The Labute approximate surface area is 99.8 Å². The molecule has 5 heteroatoms. The minimum absolute atomic E-state index is 0.618. The standard InChI is InChI=1S/C10H8BrNO2S/c1-13-7-2-4-8(5-3-7)14-10-12-6-9(11)15-10/h2-6H,1H3. The largest absolute Gasteiger partial charge is 0.497 e. The van der Waals surface area contributed by atoms with Crippen molar-refractivity contribution >= 4 is 27.3 Å². The highest BCUT2D eigenvalue weighted by Gasteiger charge is 2.02. The molecule has 0 unspecified atom stereocenters. The van der Waals surface area contributed by atoms with Gasteiger partial charge in [-0.1, -0.05) is 11.3 Å². The lowest BCUT2D eigenvalue weighted by Gasteiger charge is -2.02. The molecule has 3 nitrogen and oxygen atoms in total. The number of rotatable bonds is 3. The molecule has 15 heavy (non-hydrogen) atoms. The summed E-state index contributed by atoms with van der Waals surface area (Å²) in [5.74, 6) is 1.56. The van der Waals surface area contributed by atoms with Gasteiger partial charge in [-0.3, -0.25) is 0 Å². The molecule has 1 aromatic carbocycles. The molecule has 0 aliphatic heterocycles. The fourth-order valence-corrected chi connectivity index (χ4v) is 2.06. The van der Waals surface area contributed by atoms with Crippen molar-refractivity contribution in [1.82, 2.24) is 4.98 Å². The van der Waals surface area contributed by atoms with Gasteiger partial charge < -0.3 is 9.47 Å².